The average Bonchev–Trinajstić information content (AvgIpc) is 3.15. The summed E-state index contributed by atoms with van der Waals surface area (Å²) in [5.74, 6) is 0.121. The lowest BCUT2D eigenvalue weighted by atomic mass is 10.00. The molecule has 1 aromatic carbocycles. The van der Waals surface area contributed by atoms with Gasteiger partial charge < -0.3 is 9.88 Å². The molecule has 0 spiro atoms. The van der Waals surface area contributed by atoms with Crippen molar-refractivity contribution in [3.8, 4) is 0 Å². The number of aromatic nitrogens is 1. The number of nitrogens with zero attached hydrogens (tertiary/aromatic N) is 1. The predicted molar refractivity (Wildman–Crippen MR) is 85.8 cm³/mol. The molecule has 1 aliphatic heterocycles. The number of amides is 1. The summed E-state index contributed by atoms with van der Waals surface area (Å²) in [4.78, 5) is 19.4. The van der Waals surface area contributed by atoms with Gasteiger partial charge in [-0.15, -0.1) is 11.3 Å². The number of fused-ring (bicyclic) bond motifs is 2. The van der Waals surface area contributed by atoms with Crippen molar-refractivity contribution in [1.29, 1.82) is 0 Å². The fourth-order valence-corrected chi connectivity index (χ4v) is 4.10. The molecule has 4 rings (SSSR count). The van der Waals surface area contributed by atoms with Crippen LogP contribution in [0.5, 0.6) is 0 Å². The van der Waals surface area contributed by atoms with Crippen LogP contribution in [0.2, 0.25) is 0 Å². The molecule has 0 saturated carbocycles. The minimum Gasteiger partial charge on any atom is -0.361 e. The molecule has 106 valence electrons. The Morgan fingerprint density at radius 2 is 2.24 bits per heavy atom. The van der Waals surface area contributed by atoms with Crippen molar-refractivity contribution in [3.63, 3.8) is 0 Å². The second kappa shape index (κ2) is 4.74. The van der Waals surface area contributed by atoms with E-state index < -0.39 is 0 Å². The summed E-state index contributed by atoms with van der Waals surface area (Å²) in [6, 6.07) is 10.2. The first-order valence-electron chi connectivity index (χ1n) is 7.18. The molecule has 2 aromatic heterocycles. The van der Waals surface area contributed by atoms with E-state index in [-0.39, 0.29) is 11.9 Å². The summed E-state index contributed by atoms with van der Waals surface area (Å²) in [6.07, 6.45) is 2.87. The van der Waals surface area contributed by atoms with E-state index in [1.54, 1.807) is 11.3 Å². The van der Waals surface area contributed by atoms with Crippen LogP contribution >= 0.6 is 11.3 Å². The fraction of sp³-hybridized carbons (Fsp3) is 0.235. The lowest BCUT2D eigenvalue weighted by Crippen LogP contribution is -2.38. The van der Waals surface area contributed by atoms with Gasteiger partial charge in [-0.1, -0.05) is 6.07 Å². The molecule has 1 aliphatic rings. The highest BCUT2D eigenvalue weighted by molar-refractivity contribution is 7.10. The molecule has 0 radical (unpaired) electrons. The molecule has 21 heavy (non-hydrogen) atoms. The summed E-state index contributed by atoms with van der Waals surface area (Å²) in [7, 11) is 0. The van der Waals surface area contributed by atoms with Gasteiger partial charge in [0.1, 0.15) is 0 Å². The molecular weight excluding hydrogens is 280 g/mol. The van der Waals surface area contributed by atoms with Gasteiger partial charge in [0.25, 0.3) is 5.91 Å². The Labute approximate surface area is 127 Å². The first-order chi connectivity index (χ1) is 10.2. The SMILES string of the molecule is CC1c2ccsc2CCN1C(=O)c1ccc2cc[nH]c2c1. The quantitative estimate of drug-likeness (QED) is 0.724. The standard InChI is InChI=1S/C17H16N2OS/c1-11-14-6-9-21-16(14)5-8-19(11)17(20)13-3-2-12-4-7-18-15(12)10-13/h2-4,6-7,9-11,18H,5,8H2,1H3. The number of nitrogens with one attached hydrogen (secondary N) is 1. The number of hydrogen-bond acceptors (Lipinski definition) is 2. The van der Waals surface area contributed by atoms with Gasteiger partial charge in [-0.3, -0.25) is 4.79 Å². The van der Waals surface area contributed by atoms with Crippen molar-refractivity contribution in [1.82, 2.24) is 9.88 Å². The maximum atomic E-state index is 12.8. The molecule has 3 aromatic rings. The van der Waals surface area contributed by atoms with Crippen LogP contribution in [0.1, 0.15) is 33.8 Å². The number of thiophene rings is 1. The molecule has 3 heterocycles. The maximum absolute atomic E-state index is 12.8. The smallest absolute Gasteiger partial charge is 0.254 e. The van der Waals surface area contributed by atoms with E-state index in [4.69, 9.17) is 0 Å². The lowest BCUT2D eigenvalue weighted by molar-refractivity contribution is 0.0679. The van der Waals surface area contributed by atoms with Crippen LogP contribution in [-0.2, 0) is 6.42 Å². The summed E-state index contributed by atoms with van der Waals surface area (Å²) in [6.45, 7) is 2.92. The molecular formula is C17H16N2OS. The summed E-state index contributed by atoms with van der Waals surface area (Å²) in [5.41, 5.74) is 3.08. The third-order valence-corrected chi connectivity index (χ3v) is 5.34. The topological polar surface area (TPSA) is 36.1 Å². The summed E-state index contributed by atoms with van der Waals surface area (Å²) >= 11 is 1.80. The van der Waals surface area contributed by atoms with E-state index in [1.807, 2.05) is 35.4 Å². The van der Waals surface area contributed by atoms with Crippen LogP contribution in [0.25, 0.3) is 10.9 Å². The molecule has 4 heteroatoms. The second-order valence-corrected chi connectivity index (χ2v) is 6.50. The number of aromatic amines is 1. The van der Waals surface area contributed by atoms with Gasteiger partial charge in [0.05, 0.1) is 6.04 Å². The number of benzene rings is 1. The van der Waals surface area contributed by atoms with Gasteiger partial charge in [0.2, 0.25) is 0 Å². The van der Waals surface area contributed by atoms with E-state index in [0.717, 1.165) is 29.4 Å². The minimum atomic E-state index is 0.121. The molecule has 3 nitrogen and oxygen atoms in total. The molecule has 1 N–H and O–H groups in total. The normalized spacial score (nSPS) is 18.0. The first-order valence-corrected chi connectivity index (χ1v) is 8.06. The van der Waals surface area contributed by atoms with Crippen LogP contribution in [-0.4, -0.2) is 22.3 Å². The third-order valence-electron chi connectivity index (χ3n) is 4.34. The zero-order valence-corrected chi connectivity index (χ0v) is 12.6. The molecule has 1 atom stereocenters. The number of carbonyl (C=O) groups is 1. The Balaban J connectivity index is 1.68. The number of rotatable bonds is 1. The largest absolute Gasteiger partial charge is 0.361 e. The van der Waals surface area contributed by atoms with Gasteiger partial charge in [0, 0.05) is 28.7 Å². The van der Waals surface area contributed by atoms with E-state index in [2.05, 4.69) is 23.4 Å². The van der Waals surface area contributed by atoms with Crippen molar-refractivity contribution in [2.75, 3.05) is 6.54 Å². The van der Waals surface area contributed by atoms with Crippen LogP contribution < -0.4 is 0 Å². The first kappa shape index (κ1) is 12.7. The second-order valence-electron chi connectivity index (χ2n) is 5.50. The van der Waals surface area contributed by atoms with Crippen molar-refractivity contribution in [3.05, 3.63) is 57.9 Å². The minimum absolute atomic E-state index is 0.121. The Bertz CT molecular complexity index is 817. The van der Waals surface area contributed by atoms with E-state index in [0.29, 0.717) is 0 Å². The van der Waals surface area contributed by atoms with Crippen LogP contribution in [0, 0.1) is 0 Å². The summed E-state index contributed by atoms with van der Waals surface area (Å²) in [5, 5.41) is 3.26. The van der Waals surface area contributed by atoms with Gasteiger partial charge in [-0.2, -0.15) is 0 Å². The molecule has 0 aliphatic carbocycles. The van der Waals surface area contributed by atoms with Crippen LogP contribution in [0.4, 0.5) is 0 Å². The maximum Gasteiger partial charge on any atom is 0.254 e. The Morgan fingerprint density at radius 3 is 3.14 bits per heavy atom. The number of carbonyl (C=O) groups excluding carboxylic acids is 1. The Kier molecular flexibility index (Phi) is 2.86. The van der Waals surface area contributed by atoms with Gasteiger partial charge >= 0.3 is 0 Å². The average molecular weight is 296 g/mol. The molecule has 1 amide bonds. The number of hydrogen-bond donors (Lipinski definition) is 1. The van der Waals surface area contributed by atoms with Crippen molar-refractivity contribution in [2.45, 2.75) is 19.4 Å². The lowest BCUT2D eigenvalue weighted by Gasteiger charge is -2.33. The van der Waals surface area contributed by atoms with Crippen LogP contribution in [0.3, 0.4) is 0 Å². The van der Waals surface area contributed by atoms with Gasteiger partial charge in [-0.05, 0) is 53.9 Å². The zero-order valence-electron chi connectivity index (χ0n) is 11.8. The van der Waals surface area contributed by atoms with Crippen LogP contribution in [0.15, 0.2) is 41.9 Å². The monoisotopic (exact) mass is 296 g/mol. The van der Waals surface area contributed by atoms with Crippen molar-refractivity contribution < 1.29 is 4.79 Å². The van der Waals surface area contributed by atoms with Crippen molar-refractivity contribution in [2.24, 2.45) is 0 Å². The molecule has 0 fully saturated rings. The Morgan fingerprint density at radius 1 is 1.33 bits per heavy atom. The van der Waals surface area contributed by atoms with Crippen molar-refractivity contribution >= 4 is 28.1 Å². The predicted octanol–water partition coefficient (Wildman–Crippen LogP) is 3.99. The molecule has 1 unspecified atom stereocenters. The summed E-state index contributed by atoms with van der Waals surface area (Å²) < 4.78 is 0. The van der Waals surface area contributed by atoms with E-state index >= 15 is 0 Å². The van der Waals surface area contributed by atoms with E-state index in [9.17, 15) is 4.79 Å². The highest BCUT2D eigenvalue weighted by Gasteiger charge is 2.28. The van der Waals surface area contributed by atoms with E-state index in [1.165, 1.54) is 10.4 Å². The third kappa shape index (κ3) is 1.98. The fourth-order valence-electron chi connectivity index (χ4n) is 3.13. The zero-order chi connectivity index (χ0) is 14.4. The van der Waals surface area contributed by atoms with Gasteiger partial charge in [-0.25, -0.2) is 0 Å². The molecule has 0 saturated heterocycles. The highest BCUT2D eigenvalue weighted by atomic mass is 32.1. The molecule has 0 bridgehead atoms. The Hall–Kier alpha value is -2.07. The highest BCUT2D eigenvalue weighted by Crippen LogP contribution is 2.33. The van der Waals surface area contributed by atoms with Gasteiger partial charge in [0.15, 0.2) is 0 Å². The number of H-pyrrole nitrogens is 1.